The first-order valence-corrected chi connectivity index (χ1v) is 19.3. The maximum Gasteiger partial charge on any atom is 0.0526 e. The number of hydrogen-bond acceptors (Lipinski definition) is 2. The van der Waals surface area contributed by atoms with E-state index in [0.717, 1.165) is 26.2 Å². The van der Waals surface area contributed by atoms with Gasteiger partial charge in [-0.15, -0.1) is 0 Å². The molecule has 12 rings (SSSR count). The van der Waals surface area contributed by atoms with Crippen molar-refractivity contribution in [3.8, 4) is 11.1 Å². The van der Waals surface area contributed by atoms with Crippen LogP contribution in [0.3, 0.4) is 0 Å². The first-order valence-electron chi connectivity index (χ1n) is 19.3. The second kappa shape index (κ2) is 10.8. The van der Waals surface area contributed by atoms with Crippen molar-refractivity contribution in [3.05, 3.63) is 133 Å². The monoisotopic (exact) mass is 666 g/mol. The van der Waals surface area contributed by atoms with E-state index in [2.05, 4.69) is 143 Å². The van der Waals surface area contributed by atoms with E-state index in [9.17, 15) is 0 Å². The van der Waals surface area contributed by atoms with Gasteiger partial charge in [-0.1, -0.05) is 133 Å². The first-order chi connectivity index (χ1) is 25.9. The van der Waals surface area contributed by atoms with Crippen molar-refractivity contribution in [1.29, 1.82) is 0 Å². The molecule has 0 radical (unpaired) electrons. The molecule has 0 aromatic heterocycles. The highest BCUT2D eigenvalue weighted by Gasteiger charge is 2.27. The predicted octanol–water partition coefficient (Wildman–Crippen LogP) is 13.2. The van der Waals surface area contributed by atoms with Crippen LogP contribution in [0.25, 0.3) is 97.3 Å². The smallest absolute Gasteiger partial charge is 0.0526 e. The zero-order valence-corrected chi connectivity index (χ0v) is 29.3. The van der Waals surface area contributed by atoms with Crippen molar-refractivity contribution in [2.45, 2.75) is 25.7 Å². The summed E-state index contributed by atoms with van der Waals surface area (Å²) in [7, 11) is 0. The second-order valence-electron chi connectivity index (χ2n) is 15.2. The van der Waals surface area contributed by atoms with Crippen molar-refractivity contribution in [1.82, 2.24) is 0 Å². The number of nitrogens with zero attached hydrogens (tertiary/aromatic N) is 2. The maximum absolute atomic E-state index is 2.66. The Balaban J connectivity index is 1.33. The molecule has 248 valence electrons. The van der Waals surface area contributed by atoms with Gasteiger partial charge in [0.2, 0.25) is 0 Å². The van der Waals surface area contributed by atoms with Crippen LogP contribution in [0.15, 0.2) is 133 Å². The van der Waals surface area contributed by atoms with Crippen molar-refractivity contribution < 1.29 is 0 Å². The van der Waals surface area contributed by atoms with Gasteiger partial charge in [0.05, 0.1) is 11.4 Å². The average molecular weight is 667 g/mol. The highest BCUT2D eigenvalue weighted by Crippen LogP contribution is 2.54. The first kappa shape index (κ1) is 28.8. The molecule has 2 heterocycles. The van der Waals surface area contributed by atoms with Crippen LogP contribution in [-0.2, 0) is 0 Å². The molecule has 2 aliphatic heterocycles. The Hall–Kier alpha value is -5.86. The zero-order chi connectivity index (χ0) is 33.9. The topological polar surface area (TPSA) is 6.48 Å². The molecule has 2 saturated heterocycles. The number of benzene rings is 10. The Morgan fingerprint density at radius 2 is 0.538 bits per heavy atom. The lowest BCUT2D eigenvalue weighted by Gasteiger charge is -2.27. The van der Waals surface area contributed by atoms with Gasteiger partial charge < -0.3 is 9.80 Å². The normalized spacial score (nSPS) is 15.4. The van der Waals surface area contributed by atoms with Crippen molar-refractivity contribution in [3.63, 3.8) is 0 Å². The summed E-state index contributed by atoms with van der Waals surface area (Å²) >= 11 is 0. The van der Waals surface area contributed by atoms with Crippen molar-refractivity contribution in [2.75, 3.05) is 36.0 Å². The fourth-order valence-corrected chi connectivity index (χ4v) is 10.6. The summed E-state index contributed by atoms with van der Waals surface area (Å²) in [5, 5.41) is 21.8. The maximum atomic E-state index is 2.66. The third-order valence-electron chi connectivity index (χ3n) is 12.6. The van der Waals surface area contributed by atoms with E-state index in [-0.39, 0.29) is 0 Å². The summed E-state index contributed by atoms with van der Waals surface area (Å²) in [6.07, 6.45) is 5.03. The Morgan fingerprint density at radius 1 is 0.250 bits per heavy atom. The third-order valence-corrected chi connectivity index (χ3v) is 12.6. The molecule has 0 atom stereocenters. The molecule has 52 heavy (non-hydrogen) atoms. The molecule has 2 nitrogen and oxygen atoms in total. The van der Waals surface area contributed by atoms with E-state index in [1.54, 1.807) is 0 Å². The minimum atomic E-state index is 1.12. The summed E-state index contributed by atoms with van der Waals surface area (Å²) < 4.78 is 0. The van der Waals surface area contributed by atoms with Crippen molar-refractivity contribution in [2.24, 2.45) is 0 Å². The lowest BCUT2D eigenvalue weighted by atomic mass is 9.80. The van der Waals surface area contributed by atoms with E-state index < -0.39 is 0 Å². The lowest BCUT2D eigenvalue weighted by Crippen LogP contribution is -2.18. The van der Waals surface area contributed by atoms with Gasteiger partial charge in [0.1, 0.15) is 0 Å². The van der Waals surface area contributed by atoms with Gasteiger partial charge in [-0.3, -0.25) is 0 Å². The van der Waals surface area contributed by atoms with Gasteiger partial charge in [-0.05, 0) is 96.1 Å². The molecule has 2 fully saturated rings. The molecule has 0 aliphatic carbocycles. The van der Waals surface area contributed by atoms with Crippen LogP contribution in [0, 0.1) is 0 Å². The lowest BCUT2D eigenvalue weighted by molar-refractivity contribution is 0.949. The molecule has 0 N–H and O–H groups in total. The molecule has 0 amide bonds. The molecule has 0 unspecified atom stereocenters. The standard InChI is InChI=1S/C50H38N2/c1-2-16-34-31(15-1)44(43-35-17-3-6-20-38(35)49(51-27-9-10-28-51)39-21-7-4-18-36(39)43)41-25-13-23-32-33-24-14-26-42-46(33)48(47(34)45(32)41)37-19-5-8-22-40(37)50(42)52-29-11-12-30-52/h1-8,13-26H,9-12,27-30H2. The number of hydrogen-bond donors (Lipinski definition) is 0. The fraction of sp³-hybridized carbons (Fsp3) is 0.160. The minimum absolute atomic E-state index is 1.12. The van der Waals surface area contributed by atoms with E-state index in [1.807, 2.05) is 0 Å². The molecule has 2 heteroatoms. The van der Waals surface area contributed by atoms with Gasteiger partial charge in [-0.2, -0.15) is 0 Å². The van der Waals surface area contributed by atoms with Crippen LogP contribution >= 0.6 is 0 Å². The minimum Gasteiger partial charge on any atom is -0.371 e. The van der Waals surface area contributed by atoms with Crippen LogP contribution in [0.4, 0.5) is 11.4 Å². The van der Waals surface area contributed by atoms with Crippen LogP contribution in [0.2, 0.25) is 0 Å². The third kappa shape index (κ3) is 3.74. The largest absolute Gasteiger partial charge is 0.371 e. The van der Waals surface area contributed by atoms with Gasteiger partial charge in [-0.25, -0.2) is 0 Å². The molecular formula is C50H38N2. The summed E-state index contributed by atoms with van der Waals surface area (Å²) in [5.41, 5.74) is 5.53. The van der Waals surface area contributed by atoms with Gasteiger partial charge in [0.15, 0.2) is 0 Å². The fourth-order valence-electron chi connectivity index (χ4n) is 10.6. The second-order valence-corrected chi connectivity index (χ2v) is 15.2. The van der Waals surface area contributed by atoms with Crippen molar-refractivity contribution >= 4 is 97.6 Å². The molecular weight excluding hydrogens is 629 g/mol. The summed E-state index contributed by atoms with van der Waals surface area (Å²) in [6, 6.07) is 51.2. The van der Waals surface area contributed by atoms with Crippen LogP contribution in [0.1, 0.15) is 25.7 Å². The van der Waals surface area contributed by atoms with Crippen LogP contribution in [-0.4, -0.2) is 26.2 Å². The number of fused-ring (bicyclic) bond motifs is 8. The molecule has 10 aromatic carbocycles. The number of rotatable bonds is 3. The van der Waals surface area contributed by atoms with Gasteiger partial charge in [0.25, 0.3) is 0 Å². The number of anilines is 2. The predicted molar refractivity (Wildman–Crippen MR) is 226 cm³/mol. The molecule has 0 spiro atoms. The van der Waals surface area contributed by atoms with E-state index in [4.69, 9.17) is 0 Å². The SMILES string of the molecule is c1ccc2c(N3CCCC3)c3ccccc3c(-c3c4ccccc4c4c5c3cccc5c3cccc5c(N6CCCC6)c6ccccc6c4c53)c2c1. The van der Waals surface area contributed by atoms with Gasteiger partial charge in [0, 0.05) is 53.1 Å². The highest BCUT2D eigenvalue weighted by atomic mass is 15.1. The Labute approximate surface area is 302 Å². The molecule has 10 aromatic rings. The summed E-state index contributed by atoms with van der Waals surface area (Å²) in [6.45, 7) is 4.49. The highest BCUT2D eigenvalue weighted by molar-refractivity contribution is 6.46. The van der Waals surface area contributed by atoms with E-state index >= 15 is 0 Å². The summed E-state index contributed by atoms with van der Waals surface area (Å²) in [5.74, 6) is 0. The van der Waals surface area contributed by atoms with Crippen LogP contribution in [0.5, 0.6) is 0 Å². The molecule has 0 bridgehead atoms. The van der Waals surface area contributed by atoms with Crippen LogP contribution < -0.4 is 9.80 Å². The molecule has 0 saturated carbocycles. The Kier molecular flexibility index (Phi) is 5.99. The summed E-state index contributed by atoms with van der Waals surface area (Å²) in [4.78, 5) is 5.30. The van der Waals surface area contributed by atoms with E-state index in [1.165, 1.54) is 134 Å². The van der Waals surface area contributed by atoms with Gasteiger partial charge >= 0.3 is 0 Å². The zero-order valence-electron chi connectivity index (χ0n) is 29.3. The Morgan fingerprint density at radius 3 is 1.06 bits per heavy atom. The van der Waals surface area contributed by atoms with E-state index in [0.29, 0.717) is 0 Å². The molecule has 2 aliphatic rings. The quantitative estimate of drug-likeness (QED) is 0.137. The Bertz CT molecular complexity index is 3030. The average Bonchev–Trinajstić information content (AvgIpc) is 3.94.